The highest BCUT2D eigenvalue weighted by Crippen LogP contribution is 2.32. The van der Waals surface area contributed by atoms with Crippen LogP contribution in [0.25, 0.3) is 11.8 Å². The van der Waals surface area contributed by atoms with E-state index in [-0.39, 0.29) is 17.2 Å². The van der Waals surface area contributed by atoms with Crippen molar-refractivity contribution in [2.75, 3.05) is 0 Å². The number of aromatic nitrogens is 2. The van der Waals surface area contributed by atoms with Gasteiger partial charge in [0.15, 0.2) is 5.84 Å². The fourth-order valence-corrected chi connectivity index (χ4v) is 4.59. The van der Waals surface area contributed by atoms with Gasteiger partial charge < -0.3 is 9.67 Å². The van der Waals surface area contributed by atoms with E-state index in [2.05, 4.69) is 15.1 Å². The van der Waals surface area contributed by atoms with E-state index in [1.165, 1.54) is 16.8 Å². The van der Waals surface area contributed by atoms with Crippen LogP contribution in [0.15, 0.2) is 70.5 Å². The SMILES string of the molecule is Cc1cc(/C=C2/C(=N)N3N=C(c4cccnc4)SC3=NC2=O)c(C)n1-c1ccccc1O. The number of phenols is 1. The summed E-state index contributed by atoms with van der Waals surface area (Å²) in [5.41, 5.74) is 4.10. The number of rotatable bonds is 3. The van der Waals surface area contributed by atoms with Crippen molar-refractivity contribution < 1.29 is 9.90 Å². The van der Waals surface area contributed by atoms with Crippen LogP contribution in [-0.2, 0) is 4.79 Å². The minimum Gasteiger partial charge on any atom is -0.506 e. The van der Waals surface area contributed by atoms with Gasteiger partial charge in [-0.1, -0.05) is 12.1 Å². The molecule has 0 saturated carbocycles. The number of pyridine rings is 1. The third-order valence-electron chi connectivity index (χ3n) is 5.26. The number of amides is 1. The standard InChI is InChI=1S/C23H18N6O2S/c1-13-10-16(14(2)28(13)18-7-3-4-8-19(18)30)11-17-20(24)29-23(26-21(17)31)32-22(27-29)15-6-5-9-25-12-15/h3-12,24,30H,1-2H3/b17-11-,24-20?. The number of hydrazone groups is 1. The lowest BCUT2D eigenvalue weighted by atomic mass is 10.1. The highest BCUT2D eigenvalue weighted by Gasteiger charge is 2.36. The van der Waals surface area contributed by atoms with E-state index in [9.17, 15) is 9.90 Å². The van der Waals surface area contributed by atoms with E-state index < -0.39 is 5.91 Å². The molecular formula is C23H18N6O2S. The van der Waals surface area contributed by atoms with Gasteiger partial charge in [0.05, 0.1) is 11.3 Å². The lowest BCUT2D eigenvalue weighted by Gasteiger charge is -2.20. The molecule has 2 aliphatic rings. The summed E-state index contributed by atoms with van der Waals surface area (Å²) in [4.78, 5) is 21.0. The molecule has 0 saturated heterocycles. The zero-order chi connectivity index (χ0) is 22.4. The molecule has 8 nitrogen and oxygen atoms in total. The lowest BCUT2D eigenvalue weighted by Crippen LogP contribution is -2.35. The van der Waals surface area contributed by atoms with Gasteiger partial charge in [0.25, 0.3) is 5.91 Å². The number of nitrogens with zero attached hydrogens (tertiary/aromatic N) is 5. The Morgan fingerprint density at radius 2 is 1.97 bits per heavy atom. The third kappa shape index (κ3) is 3.23. The Labute approximate surface area is 188 Å². The van der Waals surface area contributed by atoms with Crippen molar-refractivity contribution in [2.24, 2.45) is 10.1 Å². The number of aryl methyl sites for hydroxylation is 1. The molecule has 3 aromatic rings. The van der Waals surface area contributed by atoms with Crippen LogP contribution >= 0.6 is 11.8 Å². The molecule has 0 spiro atoms. The predicted molar refractivity (Wildman–Crippen MR) is 125 cm³/mol. The quantitative estimate of drug-likeness (QED) is 0.599. The smallest absolute Gasteiger partial charge is 0.283 e. The summed E-state index contributed by atoms with van der Waals surface area (Å²) in [7, 11) is 0. The molecule has 9 heteroatoms. The maximum atomic E-state index is 12.8. The van der Waals surface area contributed by atoms with E-state index in [0.29, 0.717) is 15.9 Å². The van der Waals surface area contributed by atoms with E-state index in [1.807, 2.05) is 42.7 Å². The predicted octanol–water partition coefficient (Wildman–Crippen LogP) is 3.86. The van der Waals surface area contributed by atoms with Gasteiger partial charge in [-0.3, -0.25) is 15.2 Å². The first-order valence-corrected chi connectivity index (χ1v) is 10.6. The van der Waals surface area contributed by atoms with Gasteiger partial charge in [0.2, 0.25) is 5.17 Å². The largest absolute Gasteiger partial charge is 0.506 e. The molecule has 5 rings (SSSR count). The molecule has 0 fully saturated rings. The number of thioether (sulfide) groups is 1. The van der Waals surface area contributed by atoms with E-state index in [1.54, 1.807) is 36.7 Å². The van der Waals surface area contributed by atoms with Crippen LogP contribution < -0.4 is 0 Å². The molecular weight excluding hydrogens is 424 g/mol. The van der Waals surface area contributed by atoms with Gasteiger partial charge in [-0.2, -0.15) is 15.1 Å². The number of hydrogen-bond acceptors (Lipinski definition) is 6. The average molecular weight is 443 g/mol. The molecule has 158 valence electrons. The van der Waals surface area contributed by atoms with Crippen LogP contribution in [0.4, 0.5) is 0 Å². The Bertz CT molecular complexity index is 1370. The number of phenolic OH excluding ortho intramolecular Hbond substituents is 1. The van der Waals surface area contributed by atoms with E-state index in [0.717, 1.165) is 22.5 Å². The van der Waals surface area contributed by atoms with Gasteiger partial charge in [-0.05, 0) is 67.6 Å². The molecule has 2 aliphatic heterocycles. The van der Waals surface area contributed by atoms with Crippen molar-refractivity contribution in [1.29, 1.82) is 5.41 Å². The summed E-state index contributed by atoms with van der Waals surface area (Å²) in [6.45, 7) is 3.83. The summed E-state index contributed by atoms with van der Waals surface area (Å²) in [6.07, 6.45) is 5.01. The second-order valence-corrected chi connectivity index (χ2v) is 8.27. The van der Waals surface area contributed by atoms with Crippen molar-refractivity contribution in [3.05, 3.63) is 82.9 Å². The molecule has 0 radical (unpaired) electrons. The van der Waals surface area contributed by atoms with Gasteiger partial charge in [-0.15, -0.1) is 0 Å². The Balaban J connectivity index is 1.53. The van der Waals surface area contributed by atoms with Gasteiger partial charge in [0, 0.05) is 29.3 Å². The molecule has 32 heavy (non-hydrogen) atoms. The van der Waals surface area contributed by atoms with Gasteiger partial charge in [0.1, 0.15) is 10.8 Å². The molecule has 2 N–H and O–H groups in total. The first kappa shape index (κ1) is 20.0. The first-order chi connectivity index (χ1) is 15.4. The Morgan fingerprint density at radius 1 is 1.16 bits per heavy atom. The van der Waals surface area contributed by atoms with Crippen LogP contribution in [0.2, 0.25) is 0 Å². The molecule has 0 unspecified atom stereocenters. The molecule has 1 aromatic carbocycles. The Morgan fingerprint density at radius 3 is 2.72 bits per heavy atom. The number of carbonyl (C=O) groups excluding carboxylic acids is 1. The summed E-state index contributed by atoms with van der Waals surface area (Å²) in [5.74, 6) is -0.349. The summed E-state index contributed by atoms with van der Waals surface area (Å²) < 4.78 is 1.91. The zero-order valence-electron chi connectivity index (χ0n) is 17.3. The zero-order valence-corrected chi connectivity index (χ0v) is 18.1. The number of fused-ring (bicyclic) bond motifs is 1. The van der Waals surface area contributed by atoms with Crippen molar-refractivity contribution in [3.63, 3.8) is 0 Å². The number of para-hydroxylation sites is 2. The molecule has 2 aromatic heterocycles. The van der Waals surface area contributed by atoms with Crippen LogP contribution in [0, 0.1) is 19.3 Å². The monoisotopic (exact) mass is 442 g/mol. The number of aromatic hydroxyl groups is 1. The first-order valence-electron chi connectivity index (χ1n) is 9.82. The van der Waals surface area contributed by atoms with Crippen molar-refractivity contribution in [1.82, 2.24) is 14.6 Å². The molecule has 4 heterocycles. The normalized spacial score (nSPS) is 16.9. The highest BCUT2D eigenvalue weighted by atomic mass is 32.2. The number of aliphatic imine (C=N–C) groups is 1. The van der Waals surface area contributed by atoms with Crippen molar-refractivity contribution in [2.45, 2.75) is 13.8 Å². The summed E-state index contributed by atoms with van der Waals surface area (Å²) in [5, 5.41) is 25.7. The van der Waals surface area contributed by atoms with Crippen LogP contribution in [0.1, 0.15) is 22.5 Å². The second-order valence-electron chi connectivity index (χ2n) is 7.32. The van der Waals surface area contributed by atoms with Gasteiger partial charge >= 0.3 is 0 Å². The number of benzene rings is 1. The summed E-state index contributed by atoms with van der Waals surface area (Å²) in [6, 6.07) is 12.7. The third-order valence-corrected chi connectivity index (χ3v) is 6.21. The molecule has 1 amide bonds. The number of nitrogens with one attached hydrogen (secondary N) is 1. The van der Waals surface area contributed by atoms with E-state index >= 15 is 0 Å². The Hall–Kier alpha value is -3.98. The van der Waals surface area contributed by atoms with Crippen LogP contribution in [0.5, 0.6) is 5.75 Å². The fourth-order valence-electron chi connectivity index (χ4n) is 3.71. The van der Waals surface area contributed by atoms with Crippen LogP contribution in [0.3, 0.4) is 0 Å². The fraction of sp³-hybridized carbons (Fsp3) is 0.0870. The highest BCUT2D eigenvalue weighted by molar-refractivity contribution is 8.27. The number of hydrogen-bond donors (Lipinski definition) is 2. The molecule has 0 bridgehead atoms. The van der Waals surface area contributed by atoms with Crippen molar-refractivity contribution in [3.8, 4) is 11.4 Å². The summed E-state index contributed by atoms with van der Waals surface area (Å²) >= 11 is 1.24. The Kier molecular flexibility index (Phi) is 4.75. The maximum Gasteiger partial charge on any atom is 0.283 e. The minimum absolute atomic E-state index is 0.0289. The average Bonchev–Trinajstić information content (AvgIpc) is 3.33. The lowest BCUT2D eigenvalue weighted by molar-refractivity contribution is -0.114. The van der Waals surface area contributed by atoms with E-state index in [4.69, 9.17) is 5.41 Å². The number of carbonyl (C=O) groups is 1. The minimum atomic E-state index is -0.483. The molecule has 0 aliphatic carbocycles. The topological polar surface area (TPSA) is 107 Å². The van der Waals surface area contributed by atoms with Crippen LogP contribution in [-0.4, -0.2) is 41.6 Å². The van der Waals surface area contributed by atoms with Gasteiger partial charge in [-0.25, -0.2) is 0 Å². The molecule has 0 atom stereocenters. The van der Waals surface area contributed by atoms with Crippen molar-refractivity contribution >= 4 is 39.8 Å². The second kappa shape index (κ2) is 7.61. The maximum absolute atomic E-state index is 12.8. The number of amidine groups is 2.